The van der Waals surface area contributed by atoms with E-state index in [-0.39, 0.29) is 18.9 Å². The van der Waals surface area contributed by atoms with Gasteiger partial charge in [0.05, 0.1) is 6.61 Å². The van der Waals surface area contributed by atoms with Gasteiger partial charge in [-0.05, 0) is 54.2 Å². The average molecular weight is 547 g/mol. The van der Waals surface area contributed by atoms with Gasteiger partial charge in [0, 0.05) is 12.3 Å². The average Bonchev–Trinajstić information content (AvgIpc) is 2.92. The third-order valence-electron chi connectivity index (χ3n) is 6.75. The number of hydrogen-bond donors (Lipinski definition) is 4. The van der Waals surface area contributed by atoms with Gasteiger partial charge in [0.2, 0.25) is 17.7 Å². The van der Waals surface area contributed by atoms with Crippen LogP contribution in [0, 0.1) is 11.8 Å². The maximum atomic E-state index is 13.7. The van der Waals surface area contributed by atoms with E-state index in [9.17, 15) is 19.2 Å². The topological polar surface area (TPSA) is 140 Å². The van der Waals surface area contributed by atoms with E-state index >= 15 is 0 Å². The van der Waals surface area contributed by atoms with Gasteiger partial charge >= 0.3 is 0 Å². The van der Waals surface area contributed by atoms with Crippen LogP contribution in [0.25, 0.3) is 10.8 Å². The molecule has 0 aliphatic rings. The molecule has 0 saturated heterocycles. The molecule has 212 valence electrons. The number of primary amides is 1. The Morgan fingerprint density at radius 3 is 2.20 bits per heavy atom. The molecule has 4 amide bonds. The SMILES string of the molecule is CC(C)C[C@H](CC(=O)NOCc1ccccc1)C(=O)N[C@](C)(C(=O)NC(C)C(N)=O)c1ccc2ccccc2c1. The number of fused-ring (bicyclic) bond motifs is 1. The van der Waals surface area contributed by atoms with Gasteiger partial charge in [-0.25, -0.2) is 5.48 Å². The van der Waals surface area contributed by atoms with Crippen LogP contribution >= 0.6 is 0 Å². The Morgan fingerprint density at radius 1 is 0.900 bits per heavy atom. The zero-order valence-electron chi connectivity index (χ0n) is 23.4. The summed E-state index contributed by atoms with van der Waals surface area (Å²) in [6, 6.07) is 21.5. The molecule has 9 nitrogen and oxygen atoms in total. The molecule has 3 rings (SSSR count). The predicted molar refractivity (Wildman–Crippen MR) is 153 cm³/mol. The molecule has 0 aliphatic carbocycles. The van der Waals surface area contributed by atoms with Crippen molar-refractivity contribution in [3.8, 4) is 0 Å². The minimum absolute atomic E-state index is 0.101. The molecule has 0 bridgehead atoms. The zero-order valence-corrected chi connectivity index (χ0v) is 23.4. The first-order valence-electron chi connectivity index (χ1n) is 13.4. The molecule has 3 aromatic rings. The molecule has 3 atom stereocenters. The number of rotatable bonds is 13. The quantitative estimate of drug-likeness (QED) is 0.243. The summed E-state index contributed by atoms with van der Waals surface area (Å²) in [6.07, 6.45) is 0.275. The van der Waals surface area contributed by atoms with Crippen LogP contribution in [0.2, 0.25) is 0 Å². The summed E-state index contributed by atoms with van der Waals surface area (Å²) >= 11 is 0. The zero-order chi connectivity index (χ0) is 29.3. The summed E-state index contributed by atoms with van der Waals surface area (Å²) in [5.74, 6) is -2.85. The van der Waals surface area contributed by atoms with Crippen molar-refractivity contribution in [2.24, 2.45) is 17.6 Å². The van der Waals surface area contributed by atoms with Gasteiger partial charge in [-0.1, -0.05) is 80.6 Å². The highest BCUT2D eigenvalue weighted by atomic mass is 16.6. The van der Waals surface area contributed by atoms with Crippen molar-refractivity contribution in [2.45, 2.75) is 58.7 Å². The maximum Gasteiger partial charge on any atom is 0.250 e. The lowest BCUT2D eigenvalue weighted by atomic mass is 9.86. The van der Waals surface area contributed by atoms with Crippen molar-refractivity contribution in [1.29, 1.82) is 0 Å². The molecule has 0 heterocycles. The molecule has 0 saturated carbocycles. The van der Waals surface area contributed by atoms with E-state index in [0.717, 1.165) is 16.3 Å². The van der Waals surface area contributed by atoms with E-state index in [1.165, 1.54) is 6.92 Å². The predicted octanol–water partition coefficient (Wildman–Crippen LogP) is 3.46. The molecule has 1 unspecified atom stereocenters. The molecule has 0 spiro atoms. The first kappa shape index (κ1) is 30.3. The Hall–Kier alpha value is -4.24. The number of carbonyl (C=O) groups excluding carboxylic acids is 4. The van der Waals surface area contributed by atoms with Crippen molar-refractivity contribution < 1.29 is 24.0 Å². The summed E-state index contributed by atoms with van der Waals surface area (Å²) in [4.78, 5) is 57.0. The standard InChI is InChI=1S/C31H38N4O5/c1-20(2)16-25(18-27(36)35-40-19-22-10-6-5-7-11-22)29(38)34-31(4,30(39)33-21(3)28(32)37)26-15-14-23-12-8-9-13-24(23)17-26/h5-15,17,20-21,25H,16,18-19H2,1-4H3,(H2,32,37)(H,33,39)(H,34,38)(H,35,36)/t21?,25-,31+/m1/s1. The molecule has 3 aromatic carbocycles. The second-order valence-corrected chi connectivity index (χ2v) is 10.6. The third kappa shape index (κ3) is 8.13. The van der Waals surface area contributed by atoms with Crippen LogP contribution in [0.4, 0.5) is 0 Å². The summed E-state index contributed by atoms with van der Waals surface area (Å²) in [7, 11) is 0. The molecule has 0 aliphatic heterocycles. The van der Waals surface area contributed by atoms with Gasteiger partial charge in [-0.3, -0.25) is 24.0 Å². The lowest BCUT2D eigenvalue weighted by Gasteiger charge is -2.33. The highest BCUT2D eigenvalue weighted by Gasteiger charge is 2.40. The molecular weight excluding hydrogens is 508 g/mol. The van der Waals surface area contributed by atoms with Crippen LogP contribution in [0.3, 0.4) is 0 Å². The smallest absolute Gasteiger partial charge is 0.250 e. The van der Waals surface area contributed by atoms with E-state index in [4.69, 9.17) is 10.6 Å². The maximum absolute atomic E-state index is 13.7. The first-order chi connectivity index (χ1) is 19.0. The van der Waals surface area contributed by atoms with E-state index < -0.39 is 41.1 Å². The fourth-order valence-corrected chi connectivity index (χ4v) is 4.41. The van der Waals surface area contributed by atoms with Crippen LogP contribution in [-0.4, -0.2) is 29.7 Å². The van der Waals surface area contributed by atoms with Crippen LogP contribution in [0.15, 0.2) is 72.8 Å². The van der Waals surface area contributed by atoms with Crippen LogP contribution in [0.1, 0.15) is 51.7 Å². The van der Waals surface area contributed by atoms with Gasteiger partial charge in [-0.2, -0.15) is 0 Å². The normalized spacial score (nSPS) is 14.1. The second-order valence-electron chi connectivity index (χ2n) is 10.6. The van der Waals surface area contributed by atoms with Crippen molar-refractivity contribution in [2.75, 3.05) is 0 Å². The van der Waals surface area contributed by atoms with Crippen molar-refractivity contribution in [3.05, 3.63) is 83.9 Å². The molecule has 9 heteroatoms. The summed E-state index contributed by atoms with van der Waals surface area (Å²) < 4.78 is 0. The van der Waals surface area contributed by atoms with E-state index in [1.807, 2.05) is 80.6 Å². The number of carbonyl (C=O) groups is 4. The van der Waals surface area contributed by atoms with Gasteiger partial charge in [-0.15, -0.1) is 0 Å². The third-order valence-corrected chi connectivity index (χ3v) is 6.75. The lowest BCUT2D eigenvalue weighted by molar-refractivity contribution is -0.141. The first-order valence-corrected chi connectivity index (χ1v) is 13.4. The van der Waals surface area contributed by atoms with Crippen molar-refractivity contribution in [3.63, 3.8) is 0 Å². The molecule has 40 heavy (non-hydrogen) atoms. The molecule has 0 radical (unpaired) electrons. The molecule has 0 fully saturated rings. The van der Waals surface area contributed by atoms with Crippen molar-refractivity contribution >= 4 is 34.4 Å². The van der Waals surface area contributed by atoms with Crippen LogP contribution in [-0.2, 0) is 36.2 Å². The second kappa shape index (κ2) is 13.7. The summed E-state index contributed by atoms with van der Waals surface area (Å²) in [6.45, 7) is 7.14. The number of hydrogen-bond acceptors (Lipinski definition) is 5. The molecule has 5 N–H and O–H groups in total. The van der Waals surface area contributed by atoms with Gasteiger partial charge < -0.3 is 16.4 Å². The Kier molecular flexibility index (Phi) is 10.4. The highest BCUT2D eigenvalue weighted by molar-refractivity contribution is 5.97. The van der Waals surface area contributed by atoms with Gasteiger partial charge in [0.25, 0.3) is 5.91 Å². The number of nitrogens with two attached hydrogens (primary N) is 1. The minimum atomic E-state index is -1.56. The van der Waals surface area contributed by atoms with Crippen molar-refractivity contribution in [1.82, 2.24) is 16.1 Å². The van der Waals surface area contributed by atoms with Crippen LogP contribution in [0.5, 0.6) is 0 Å². The Morgan fingerprint density at radius 2 is 1.55 bits per heavy atom. The monoisotopic (exact) mass is 546 g/mol. The molecular formula is C31H38N4O5. The largest absolute Gasteiger partial charge is 0.368 e. The summed E-state index contributed by atoms with van der Waals surface area (Å²) in [5.41, 5.74) is 7.65. The molecule has 0 aromatic heterocycles. The Labute approximate surface area is 234 Å². The fourth-order valence-electron chi connectivity index (χ4n) is 4.41. The number of benzene rings is 3. The number of amides is 4. The van der Waals surface area contributed by atoms with E-state index in [0.29, 0.717) is 12.0 Å². The Balaban J connectivity index is 1.82. The van der Waals surface area contributed by atoms with E-state index in [2.05, 4.69) is 16.1 Å². The van der Waals surface area contributed by atoms with E-state index in [1.54, 1.807) is 13.0 Å². The van der Waals surface area contributed by atoms with Crippen LogP contribution < -0.4 is 21.8 Å². The van der Waals surface area contributed by atoms with Gasteiger partial charge in [0.15, 0.2) is 0 Å². The highest BCUT2D eigenvalue weighted by Crippen LogP contribution is 2.27. The number of hydroxylamine groups is 1. The minimum Gasteiger partial charge on any atom is -0.368 e. The lowest BCUT2D eigenvalue weighted by Crippen LogP contribution is -2.58. The van der Waals surface area contributed by atoms with Gasteiger partial charge in [0.1, 0.15) is 11.6 Å². The summed E-state index contributed by atoms with van der Waals surface area (Å²) in [5, 5.41) is 7.34. The number of nitrogens with one attached hydrogen (secondary N) is 3. The Bertz CT molecular complexity index is 1340. The fraction of sp³-hybridized carbons (Fsp3) is 0.355.